The highest BCUT2D eigenvalue weighted by atomic mass is 16.4. The SMILES string of the molecule is O=C(O)C1c2c(O)[nH]c(O)c2C2CC(=O)N21. The maximum atomic E-state index is 11.3. The van der Waals surface area contributed by atoms with Crippen molar-refractivity contribution in [1.82, 2.24) is 9.88 Å². The fourth-order valence-corrected chi connectivity index (χ4v) is 2.49. The fraction of sp³-hybridized carbons (Fsp3) is 0.333. The minimum absolute atomic E-state index is 0.0980. The van der Waals surface area contributed by atoms with E-state index in [0.717, 1.165) is 0 Å². The van der Waals surface area contributed by atoms with Crippen molar-refractivity contribution in [2.75, 3.05) is 0 Å². The normalized spacial score (nSPS) is 26.2. The van der Waals surface area contributed by atoms with Gasteiger partial charge in [0.05, 0.1) is 18.0 Å². The summed E-state index contributed by atoms with van der Waals surface area (Å²) in [5.74, 6) is -2.15. The largest absolute Gasteiger partial charge is 0.494 e. The summed E-state index contributed by atoms with van der Waals surface area (Å²) in [6.07, 6.45) is 0.168. The standard InChI is InChI=1S/C9H8N2O5/c12-3-1-2-4-5(8(14)10-7(4)13)6(9(15)16)11(2)3/h2,6,10,13-14H,1H2,(H,15,16). The molecule has 2 aliphatic heterocycles. The second kappa shape index (κ2) is 2.49. The molecule has 2 atom stereocenters. The number of aliphatic carboxylic acids is 1. The number of aromatic hydroxyl groups is 2. The number of carbonyl (C=O) groups is 2. The number of hydrogen-bond donors (Lipinski definition) is 4. The molecule has 7 nitrogen and oxygen atoms in total. The Kier molecular flexibility index (Phi) is 1.41. The zero-order chi connectivity index (χ0) is 11.6. The number of nitrogens with zero attached hydrogens (tertiary/aromatic N) is 1. The van der Waals surface area contributed by atoms with Crippen molar-refractivity contribution in [3.8, 4) is 11.8 Å². The molecule has 0 saturated carbocycles. The Bertz CT molecular complexity index is 520. The van der Waals surface area contributed by atoms with Crippen LogP contribution in [0.25, 0.3) is 0 Å². The number of carboxylic acid groups (broad SMARTS) is 1. The van der Waals surface area contributed by atoms with Crippen molar-refractivity contribution < 1.29 is 24.9 Å². The van der Waals surface area contributed by atoms with Crippen LogP contribution in [0.3, 0.4) is 0 Å². The number of fused-ring (bicyclic) bond motifs is 3. The van der Waals surface area contributed by atoms with E-state index in [0.29, 0.717) is 5.56 Å². The lowest BCUT2D eigenvalue weighted by Gasteiger charge is -2.37. The van der Waals surface area contributed by atoms with Gasteiger partial charge in [0.25, 0.3) is 0 Å². The molecule has 2 unspecified atom stereocenters. The highest BCUT2D eigenvalue weighted by Crippen LogP contribution is 2.56. The van der Waals surface area contributed by atoms with Gasteiger partial charge < -0.3 is 20.2 Å². The van der Waals surface area contributed by atoms with Crippen LogP contribution in [0.5, 0.6) is 11.8 Å². The molecule has 1 fully saturated rings. The third-order valence-corrected chi connectivity index (χ3v) is 3.15. The van der Waals surface area contributed by atoms with Crippen LogP contribution in [0.4, 0.5) is 0 Å². The summed E-state index contributed by atoms with van der Waals surface area (Å²) in [6.45, 7) is 0. The lowest BCUT2D eigenvalue weighted by atomic mass is 10.00. The van der Waals surface area contributed by atoms with Gasteiger partial charge in [0.1, 0.15) is 0 Å². The molecule has 2 aliphatic rings. The third kappa shape index (κ3) is 0.791. The number of aromatic nitrogens is 1. The summed E-state index contributed by atoms with van der Waals surface area (Å²) in [5, 5.41) is 28.1. The molecule has 3 heterocycles. The van der Waals surface area contributed by atoms with E-state index in [1.54, 1.807) is 0 Å². The van der Waals surface area contributed by atoms with Crippen LogP contribution in [-0.2, 0) is 9.59 Å². The summed E-state index contributed by atoms with van der Waals surface area (Å²) in [5.41, 5.74) is 0.422. The predicted octanol–water partition coefficient (Wildman–Crippen LogP) is -0.161. The van der Waals surface area contributed by atoms with Gasteiger partial charge in [-0.15, -0.1) is 0 Å². The van der Waals surface area contributed by atoms with Crippen molar-refractivity contribution >= 4 is 11.9 Å². The van der Waals surface area contributed by atoms with E-state index in [1.807, 2.05) is 0 Å². The summed E-state index contributed by atoms with van der Waals surface area (Å²) in [7, 11) is 0. The Hall–Kier alpha value is -2.18. The van der Waals surface area contributed by atoms with Gasteiger partial charge in [0.2, 0.25) is 5.91 Å². The Morgan fingerprint density at radius 1 is 1.31 bits per heavy atom. The van der Waals surface area contributed by atoms with E-state index in [1.165, 1.54) is 4.90 Å². The first kappa shape index (κ1) is 9.08. The number of nitrogens with one attached hydrogen (secondary N) is 1. The number of rotatable bonds is 1. The highest BCUT2D eigenvalue weighted by Gasteiger charge is 2.55. The smallest absolute Gasteiger partial charge is 0.331 e. The van der Waals surface area contributed by atoms with Gasteiger partial charge in [-0.25, -0.2) is 4.79 Å². The molecule has 0 aromatic carbocycles. The van der Waals surface area contributed by atoms with Crippen LogP contribution in [-0.4, -0.2) is 37.1 Å². The molecular formula is C9H8N2O5. The van der Waals surface area contributed by atoms with Gasteiger partial charge in [-0.05, 0) is 0 Å². The van der Waals surface area contributed by atoms with E-state index < -0.39 is 18.1 Å². The first-order valence-corrected chi connectivity index (χ1v) is 4.70. The van der Waals surface area contributed by atoms with E-state index in [4.69, 9.17) is 5.11 Å². The second-order valence-corrected chi connectivity index (χ2v) is 3.91. The molecule has 1 aromatic rings. The average Bonchev–Trinajstić information content (AvgIpc) is 2.61. The van der Waals surface area contributed by atoms with Crippen LogP contribution < -0.4 is 0 Å². The molecule has 3 rings (SSSR count). The summed E-state index contributed by atoms with van der Waals surface area (Å²) < 4.78 is 0. The van der Waals surface area contributed by atoms with Gasteiger partial charge in [-0.1, -0.05) is 0 Å². The highest BCUT2D eigenvalue weighted by molar-refractivity contribution is 5.93. The molecular weight excluding hydrogens is 216 g/mol. The van der Waals surface area contributed by atoms with Gasteiger partial charge in [-0.3, -0.25) is 9.78 Å². The number of hydrogen-bond acceptors (Lipinski definition) is 4. The Labute approximate surface area is 88.9 Å². The minimum Gasteiger partial charge on any atom is -0.494 e. The van der Waals surface area contributed by atoms with Crippen LogP contribution in [0, 0.1) is 0 Å². The first-order valence-electron chi connectivity index (χ1n) is 4.70. The number of aromatic amines is 1. The van der Waals surface area contributed by atoms with E-state index >= 15 is 0 Å². The van der Waals surface area contributed by atoms with Crippen molar-refractivity contribution in [1.29, 1.82) is 0 Å². The van der Waals surface area contributed by atoms with Crippen molar-refractivity contribution in [2.24, 2.45) is 0 Å². The molecule has 1 aromatic heterocycles. The van der Waals surface area contributed by atoms with Crippen LogP contribution in [0.2, 0.25) is 0 Å². The third-order valence-electron chi connectivity index (χ3n) is 3.15. The maximum absolute atomic E-state index is 11.3. The van der Waals surface area contributed by atoms with Crippen molar-refractivity contribution in [3.05, 3.63) is 11.1 Å². The van der Waals surface area contributed by atoms with E-state index in [-0.39, 0.29) is 29.7 Å². The lowest BCUT2D eigenvalue weighted by molar-refractivity contribution is -0.160. The zero-order valence-corrected chi connectivity index (χ0v) is 7.97. The Morgan fingerprint density at radius 2 is 1.94 bits per heavy atom. The molecule has 4 N–H and O–H groups in total. The van der Waals surface area contributed by atoms with Crippen LogP contribution >= 0.6 is 0 Å². The second-order valence-electron chi connectivity index (χ2n) is 3.91. The monoisotopic (exact) mass is 224 g/mol. The molecule has 1 amide bonds. The zero-order valence-electron chi connectivity index (χ0n) is 7.97. The van der Waals surface area contributed by atoms with Gasteiger partial charge in [0.15, 0.2) is 17.8 Å². The van der Waals surface area contributed by atoms with Gasteiger partial charge >= 0.3 is 5.97 Å². The summed E-state index contributed by atoms with van der Waals surface area (Å²) >= 11 is 0. The molecule has 0 spiro atoms. The van der Waals surface area contributed by atoms with E-state index in [9.17, 15) is 19.8 Å². The number of carbonyl (C=O) groups excluding carboxylic acids is 1. The molecule has 0 radical (unpaired) electrons. The van der Waals surface area contributed by atoms with Crippen LogP contribution in [0.1, 0.15) is 29.6 Å². The summed E-state index contributed by atoms with van der Waals surface area (Å²) in [4.78, 5) is 25.8. The quantitative estimate of drug-likeness (QED) is 0.495. The number of H-pyrrole nitrogens is 1. The number of amides is 1. The molecule has 0 aliphatic carbocycles. The predicted molar refractivity (Wildman–Crippen MR) is 48.7 cm³/mol. The van der Waals surface area contributed by atoms with Crippen molar-refractivity contribution in [2.45, 2.75) is 18.5 Å². The molecule has 16 heavy (non-hydrogen) atoms. The first-order chi connectivity index (χ1) is 7.52. The average molecular weight is 224 g/mol. The number of carboxylic acids is 1. The number of β-lactam (4-membered cyclic amide) rings is 1. The molecule has 0 bridgehead atoms. The van der Waals surface area contributed by atoms with Crippen LogP contribution in [0.15, 0.2) is 0 Å². The minimum atomic E-state index is -1.22. The summed E-state index contributed by atoms with van der Waals surface area (Å²) in [6, 6.07) is -1.63. The molecule has 1 saturated heterocycles. The Balaban J connectivity index is 2.21. The Morgan fingerprint density at radius 3 is 2.50 bits per heavy atom. The fourth-order valence-electron chi connectivity index (χ4n) is 2.49. The lowest BCUT2D eigenvalue weighted by Crippen LogP contribution is -2.46. The van der Waals surface area contributed by atoms with Crippen molar-refractivity contribution in [3.63, 3.8) is 0 Å². The van der Waals surface area contributed by atoms with E-state index in [2.05, 4.69) is 4.98 Å². The molecule has 84 valence electrons. The van der Waals surface area contributed by atoms with Gasteiger partial charge in [-0.2, -0.15) is 0 Å². The topological polar surface area (TPSA) is 114 Å². The molecule has 7 heteroatoms. The van der Waals surface area contributed by atoms with Gasteiger partial charge in [0, 0.05) is 5.56 Å². The maximum Gasteiger partial charge on any atom is 0.331 e.